The maximum atomic E-state index is 12.1. The summed E-state index contributed by atoms with van der Waals surface area (Å²) in [5, 5.41) is 0. The lowest BCUT2D eigenvalue weighted by atomic mass is 10.0. The summed E-state index contributed by atoms with van der Waals surface area (Å²) in [7, 11) is 0. The van der Waals surface area contributed by atoms with Crippen LogP contribution in [0.15, 0.2) is 0 Å². The Bertz CT molecular complexity index is 1110. The van der Waals surface area contributed by atoms with Crippen LogP contribution in [0.1, 0.15) is 110 Å². The van der Waals surface area contributed by atoms with Crippen LogP contribution in [0.3, 0.4) is 0 Å². The number of hydrogen-bond acceptors (Lipinski definition) is 3. The fourth-order valence-electron chi connectivity index (χ4n) is 3.34. The van der Waals surface area contributed by atoms with Crippen molar-refractivity contribution < 1.29 is 14.3 Å². The van der Waals surface area contributed by atoms with Crippen molar-refractivity contribution >= 4 is 12.3 Å². The second kappa shape index (κ2) is 29.3. The molecule has 0 aliphatic heterocycles. The Morgan fingerprint density at radius 1 is 0.605 bits per heavy atom. The number of unbranched alkanes of at least 4 members (excludes halogenated alkanes) is 13. The van der Waals surface area contributed by atoms with Crippen LogP contribution in [0.25, 0.3) is 0 Å². The molecule has 0 heterocycles. The first-order chi connectivity index (χ1) is 18.8. The molecule has 0 saturated heterocycles. The van der Waals surface area contributed by atoms with Crippen molar-refractivity contribution in [1.29, 1.82) is 0 Å². The molecule has 0 aromatic heterocycles. The molecule has 0 aromatic carbocycles. The molecular formula is C35H40O3. The van der Waals surface area contributed by atoms with Gasteiger partial charge in [0.2, 0.25) is 0 Å². The fourth-order valence-corrected chi connectivity index (χ4v) is 3.34. The van der Waals surface area contributed by atoms with Crippen LogP contribution in [0.2, 0.25) is 0 Å². The summed E-state index contributed by atoms with van der Waals surface area (Å²) in [6, 6.07) is 0. The predicted octanol–water partition coefficient (Wildman–Crippen LogP) is 6.26. The number of rotatable bonds is 18. The molecule has 1 unspecified atom stereocenters. The second-order valence-corrected chi connectivity index (χ2v) is 8.64. The van der Waals surface area contributed by atoms with Gasteiger partial charge in [-0.05, 0) is 84.4 Å². The summed E-state index contributed by atoms with van der Waals surface area (Å²) in [5.41, 5.74) is 0. The van der Waals surface area contributed by atoms with Crippen LogP contribution >= 0.6 is 0 Å². The van der Waals surface area contributed by atoms with Gasteiger partial charge in [0.05, 0.1) is 6.61 Å². The molecule has 198 valence electrons. The number of ether oxygens (including phenoxy) is 1. The third-order valence-electron chi connectivity index (χ3n) is 5.43. The molecule has 0 spiro atoms. The highest BCUT2D eigenvalue weighted by atomic mass is 16.5. The van der Waals surface area contributed by atoms with E-state index >= 15 is 0 Å². The van der Waals surface area contributed by atoms with Gasteiger partial charge in [-0.2, -0.15) is 0 Å². The normalized spacial score (nSPS) is 9.11. The number of esters is 1. The Morgan fingerprint density at radius 2 is 1.00 bits per heavy atom. The van der Waals surface area contributed by atoms with Gasteiger partial charge in [-0.25, -0.2) is 0 Å². The van der Waals surface area contributed by atoms with Crippen LogP contribution in [-0.2, 0) is 14.3 Å². The van der Waals surface area contributed by atoms with E-state index in [1.807, 2.05) is 0 Å². The van der Waals surface area contributed by atoms with Crippen molar-refractivity contribution in [2.45, 2.75) is 110 Å². The molecule has 0 fully saturated rings. The highest BCUT2D eigenvalue weighted by molar-refractivity contribution is 5.88. The molecule has 0 aromatic rings. The topological polar surface area (TPSA) is 43.4 Å². The molecule has 0 rings (SSSR count). The van der Waals surface area contributed by atoms with E-state index in [4.69, 9.17) is 4.74 Å². The number of hydrogen-bond donors (Lipinski definition) is 0. The lowest BCUT2D eigenvalue weighted by Gasteiger charge is -2.08. The molecule has 1 atom stereocenters. The van der Waals surface area contributed by atoms with E-state index in [2.05, 4.69) is 89.8 Å². The molecule has 0 radical (unpaired) electrons. The van der Waals surface area contributed by atoms with Gasteiger partial charge in [-0.1, -0.05) is 102 Å². The second-order valence-electron chi connectivity index (χ2n) is 8.64. The third kappa shape index (κ3) is 25.2. The largest absolute Gasteiger partial charge is 0.465 e. The van der Waals surface area contributed by atoms with Crippen LogP contribution in [0, 0.1) is 88.8 Å². The minimum Gasteiger partial charge on any atom is -0.465 e. The van der Waals surface area contributed by atoms with E-state index in [0.717, 1.165) is 19.3 Å². The monoisotopic (exact) mass is 508 g/mol. The molecule has 0 bridgehead atoms. The van der Waals surface area contributed by atoms with Crippen molar-refractivity contribution in [2.75, 3.05) is 6.61 Å². The average molecular weight is 509 g/mol. The van der Waals surface area contributed by atoms with Gasteiger partial charge < -0.3 is 9.53 Å². The predicted molar refractivity (Wildman–Crippen MR) is 156 cm³/mol. The third-order valence-corrected chi connectivity index (χ3v) is 5.43. The zero-order chi connectivity index (χ0) is 27.8. The Labute approximate surface area is 232 Å². The molecule has 38 heavy (non-hydrogen) atoms. The lowest BCUT2D eigenvalue weighted by Crippen LogP contribution is -2.19. The van der Waals surface area contributed by atoms with Crippen LogP contribution in [0.4, 0.5) is 0 Å². The van der Waals surface area contributed by atoms with Crippen molar-refractivity contribution in [3.05, 3.63) is 0 Å². The Hall–Kier alpha value is -3.94. The Balaban J connectivity index is 3.90. The highest BCUT2D eigenvalue weighted by Crippen LogP contribution is 2.13. The van der Waals surface area contributed by atoms with Gasteiger partial charge in [-0.3, -0.25) is 4.79 Å². The fraction of sp³-hybridized carbons (Fsp3) is 0.543. The summed E-state index contributed by atoms with van der Waals surface area (Å²) in [6.45, 7) is 4.29. The van der Waals surface area contributed by atoms with E-state index in [-0.39, 0.29) is 6.42 Å². The van der Waals surface area contributed by atoms with Crippen molar-refractivity contribution in [1.82, 2.24) is 0 Å². The van der Waals surface area contributed by atoms with Crippen LogP contribution < -0.4 is 0 Å². The van der Waals surface area contributed by atoms with Crippen LogP contribution in [-0.4, -0.2) is 18.9 Å². The Morgan fingerprint density at radius 3 is 1.42 bits per heavy atom. The molecule has 3 nitrogen and oxygen atoms in total. The van der Waals surface area contributed by atoms with Crippen molar-refractivity contribution in [3.8, 4) is 82.9 Å². The molecule has 0 amide bonds. The van der Waals surface area contributed by atoms with Gasteiger partial charge in [0.25, 0.3) is 0 Å². The lowest BCUT2D eigenvalue weighted by molar-refractivity contribution is -0.149. The molecule has 3 heteroatoms. The van der Waals surface area contributed by atoms with Crippen molar-refractivity contribution in [2.24, 2.45) is 5.92 Å². The summed E-state index contributed by atoms with van der Waals surface area (Å²) in [6.07, 6.45) is 18.4. The first-order valence-electron chi connectivity index (χ1n) is 13.8. The number of carbonyl (C=O) groups is 2. The summed E-state index contributed by atoms with van der Waals surface area (Å²) in [4.78, 5) is 23.3. The molecule has 0 N–H and O–H groups in total. The van der Waals surface area contributed by atoms with E-state index in [1.54, 1.807) is 6.92 Å². The van der Waals surface area contributed by atoms with E-state index in [0.29, 0.717) is 12.9 Å². The minimum atomic E-state index is -0.891. The standard InChI is InChI=1S/C35H40O3/c1-3-5-7-9-11-13-15-17-19-21-23-25-27-29-31-34(33-36)35(37)38-32-30-28-26-24-22-20-18-16-14-12-10-8-6-4-2/h33-34H,4,6,8,10,12,14,16,18,20,22,24,26,28,30-32H2,1-2H3. The van der Waals surface area contributed by atoms with E-state index in [9.17, 15) is 9.59 Å². The maximum absolute atomic E-state index is 12.1. The van der Waals surface area contributed by atoms with Gasteiger partial charge in [-0.15, -0.1) is 0 Å². The average Bonchev–Trinajstić information content (AvgIpc) is 2.93. The SMILES string of the molecule is CC#CC#CC#CC#CC#CC#CC#CCC(C=O)C(=O)OCCCCCCCCCCCCCCCC. The van der Waals surface area contributed by atoms with Gasteiger partial charge >= 0.3 is 5.97 Å². The molecule has 0 aliphatic rings. The number of carbonyl (C=O) groups excluding carboxylic acids is 2. The zero-order valence-corrected chi connectivity index (χ0v) is 23.2. The highest BCUT2D eigenvalue weighted by Gasteiger charge is 2.17. The smallest absolute Gasteiger partial charge is 0.317 e. The van der Waals surface area contributed by atoms with Crippen LogP contribution in [0.5, 0.6) is 0 Å². The van der Waals surface area contributed by atoms with Gasteiger partial charge in [0.1, 0.15) is 12.2 Å². The van der Waals surface area contributed by atoms with Gasteiger partial charge in [0.15, 0.2) is 0 Å². The first kappa shape index (κ1) is 34.1. The summed E-state index contributed by atoms with van der Waals surface area (Å²) >= 11 is 0. The number of aldehydes is 1. The van der Waals surface area contributed by atoms with Gasteiger partial charge in [0, 0.05) is 6.42 Å². The van der Waals surface area contributed by atoms with E-state index < -0.39 is 11.9 Å². The summed E-state index contributed by atoms with van der Waals surface area (Å²) in [5.74, 6) is 34.3. The molecule has 0 saturated carbocycles. The Kier molecular flexibility index (Phi) is 26.3. The molecular weight excluding hydrogens is 468 g/mol. The zero-order valence-electron chi connectivity index (χ0n) is 23.2. The first-order valence-corrected chi connectivity index (χ1v) is 13.8. The minimum absolute atomic E-state index is 0.0714. The maximum Gasteiger partial charge on any atom is 0.317 e. The van der Waals surface area contributed by atoms with E-state index in [1.165, 1.54) is 70.6 Å². The summed E-state index contributed by atoms with van der Waals surface area (Å²) < 4.78 is 5.23. The quantitative estimate of drug-likeness (QED) is 0.0722. The molecule has 0 aliphatic carbocycles. The van der Waals surface area contributed by atoms with Crippen molar-refractivity contribution in [3.63, 3.8) is 0 Å².